The van der Waals surface area contributed by atoms with Gasteiger partial charge in [0.15, 0.2) is 0 Å². The Morgan fingerprint density at radius 1 is 1.60 bits per heavy atom. The lowest BCUT2D eigenvalue weighted by atomic mass is 9.97. The zero-order chi connectivity index (χ0) is 11.4. The van der Waals surface area contributed by atoms with Crippen LogP contribution in [0.15, 0.2) is 0 Å². The average Bonchev–Trinajstić information content (AvgIpc) is 2.64. The second-order valence-corrected chi connectivity index (χ2v) is 5.20. The first-order chi connectivity index (χ1) is 7.07. The summed E-state index contributed by atoms with van der Waals surface area (Å²) in [5.41, 5.74) is 0. The summed E-state index contributed by atoms with van der Waals surface area (Å²) in [5.74, 6) is 1.05. The molecule has 1 amide bonds. The van der Waals surface area contributed by atoms with Gasteiger partial charge in [0.25, 0.3) is 0 Å². The molecule has 1 aliphatic rings. The summed E-state index contributed by atoms with van der Waals surface area (Å²) in [5, 5.41) is 9.17. The Balaban J connectivity index is 2.79. The van der Waals surface area contributed by atoms with Gasteiger partial charge in [-0.2, -0.15) is 11.8 Å². The van der Waals surface area contributed by atoms with Crippen molar-refractivity contribution in [2.24, 2.45) is 5.92 Å². The van der Waals surface area contributed by atoms with E-state index in [1.54, 1.807) is 11.8 Å². The number of aliphatic carboxylic acids is 1. The van der Waals surface area contributed by atoms with E-state index in [9.17, 15) is 14.7 Å². The SMILES string of the molecule is CC(C)N(C=O)C(C(=O)O)C1CCSC1. The van der Waals surface area contributed by atoms with Crippen molar-refractivity contribution < 1.29 is 14.7 Å². The molecule has 0 aromatic carbocycles. The minimum atomic E-state index is -0.886. The van der Waals surface area contributed by atoms with E-state index in [1.165, 1.54) is 4.90 Å². The summed E-state index contributed by atoms with van der Waals surface area (Å²) in [6.45, 7) is 3.68. The first-order valence-electron chi connectivity index (χ1n) is 5.11. The van der Waals surface area contributed by atoms with Crippen molar-refractivity contribution in [3.8, 4) is 0 Å². The van der Waals surface area contributed by atoms with Crippen LogP contribution in [0.4, 0.5) is 0 Å². The number of carboxylic acid groups (broad SMARTS) is 1. The fourth-order valence-electron chi connectivity index (χ4n) is 1.88. The maximum atomic E-state index is 11.2. The highest BCUT2D eigenvalue weighted by Crippen LogP contribution is 2.29. The van der Waals surface area contributed by atoms with Crippen LogP contribution in [0.25, 0.3) is 0 Å². The molecule has 2 atom stereocenters. The molecule has 4 nitrogen and oxygen atoms in total. The first-order valence-corrected chi connectivity index (χ1v) is 6.26. The van der Waals surface area contributed by atoms with Crippen LogP contribution in [-0.4, -0.2) is 46.0 Å². The predicted molar refractivity (Wildman–Crippen MR) is 59.9 cm³/mol. The number of amides is 1. The highest BCUT2D eigenvalue weighted by atomic mass is 32.2. The molecule has 1 aliphatic heterocycles. The van der Waals surface area contributed by atoms with Crippen LogP contribution in [0.2, 0.25) is 0 Å². The summed E-state index contributed by atoms with van der Waals surface area (Å²) < 4.78 is 0. The Labute approximate surface area is 94.0 Å². The number of nitrogens with zero attached hydrogens (tertiary/aromatic N) is 1. The van der Waals surface area contributed by atoms with Gasteiger partial charge >= 0.3 is 5.97 Å². The molecular formula is C10H17NO3S. The molecule has 1 rings (SSSR count). The number of thioether (sulfide) groups is 1. The molecule has 15 heavy (non-hydrogen) atoms. The summed E-state index contributed by atoms with van der Waals surface area (Å²) in [4.78, 5) is 23.5. The van der Waals surface area contributed by atoms with Crippen molar-refractivity contribution in [3.05, 3.63) is 0 Å². The molecule has 0 aromatic rings. The predicted octanol–water partition coefficient (Wildman–Crippen LogP) is 1.06. The van der Waals surface area contributed by atoms with E-state index in [0.717, 1.165) is 17.9 Å². The fraction of sp³-hybridized carbons (Fsp3) is 0.800. The monoisotopic (exact) mass is 231 g/mol. The zero-order valence-electron chi connectivity index (χ0n) is 9.05. The van der Waals surface area contributed by atoms with Gasteiger partial charge in [-0.15, -0.1) is 0 Å². The summed E-state index contributed by atoms with van der Waals surface area (Å²) in [6.07, 6.45) is 1.55. The molecule has 0 radical (unpaired) electrons. The Kier molecular flexibility index (Phi) is 4.45. The highest BCUT2D eigenvalue weighted by molar-refractivity contribution is 7.99. The van der Waals surface area contributed by atoms with E-state index in [0.29, 0.717) is 6.41 Å². The summed E-state index contributed by atoms with van der Waals surface area (Å²) in [6, 6.07) is -0.716. The second kappa shape index (κ2) is 5.39. The Morgan fingerprint density at radius 3 is 2.60 bits per heavy atom. The molecule has 0 bridgehead atoms. The molecule has 2 unspecified atom stereocenters. The van der Waals surface area contributed by atoms with Gasteiger partial charge in [0.2, 0.25) is 6.41 Å². The number of hydrogen-bond donors (Lipinski definition) is 1. The van der Waals surface area contributed by atoms with Gasteiger partial charge in [-0.25, -0.2) is 4.79 Å². The van der Waals surface area contributed by atoms with Crippen LogP contribution < -0.4 is 0 Å². The lowest BCUT2D eigenvalue weighted by molar-refractivity contribution is -0.149. The third-order valence-corrected chi connectivity index (χ3v) is 3.89. The highest BCUT2D eigenvalue weighted by Gasteiger charge is 2.36. The summed E-state index contributed by atoms with van der Waals surface area (Å²) in [7, 11) is 0. The van der Waals surface area contributed by atoms with Crippen molar-refractivity contribution in [1.82, 2.24) is 4.90 Å². The quantitative estimate of drug-likeness (QED) is 0.719. The van der Waals surface area contributed by atoms with E-state index in [-0.39, 0.29) is 12.0 Å². The maximum Gasteiger partial charge on any atom is 0.326 e. The van der Waals surface area contributed by atoms with E-state index in [4.69, 9.17) is 0 Å². The number of carbonyl (C=O) groups is 2. The molecule has 1 fully saturated rings. The van der Waals surface area contributed by atoms with Crippen LogP contribution in [0.5, 0.6) is 0 Å². The zero-order valence-corrected chi connectivity index (χ0v) is 9.87. The van der Waals surface area contributed by atoms with Crippen molar-refractivity contribution in [1.29, 1.82) is 0 Å². The molecule has 0 spiro atoms. The third kappa shape index (κ3) is 2.87. The molecule has 0 aromatic heterocycles. The number of carboxylic acids is 1. The van der Waals surface area contributed by atoms with Gasteiger partial charge < -0.3 is 10.0 Å². The van der Waals surface area contributed by atoms with Gasteiger partial charge in [0.05, 0.1) is 0 Å². The molecule has 86 valence electrons. The smallest absolute Gasteiger partial charge is 0.326 e. The normalized spacial score (nSPS) is 22.7. The van der Waals surface area contributed by atoms with E-state index in [2.05, 4.69) is 0 Å². The Bertz CT molecular complexity index is 239. The fourth-order valence-corrected chi connectivity index (χ4v) is 3.17. The Hall–Kier alpha value is -0.710. The summed E-state index contributed by atoms with van der Waals surface area (Å²) >= 11 is 1.76. The average molecular weight is 231 g/mol. The van der Waals surface area contributed by atoms with Crippen molar-refractivity contribution in [3.63, 3.8) is 0 Å². The molecule has 0 saturated carbocycles. The van der Waals surface area contributed by atoms with Crippen LogP contribution >= 0.6 is 11.8 Å². The minimum absolute atomic E-state index is 0.0609. The van der Waals surface area contributed by atoms with Crippen LogP contribution in [0.3, 0.4) is 0 Å². The maximum absolute atomic E-state index is 11.2. The molecule has 1 heterocycles. The topological polar surface area (TPSA) is 57.6 Å². The standard InChI is InChI=1S/C10H17NO3S/c1-7(2)11(6-12)9(10(13)14)8-3-4-15-5-8/h6-9H,3-5H2,1-2H3,(H,13,14). The lowest BCUT2D eigenvalue weighted by Gasteiger charge is -2.32. The number of carbonyl (C=O) groups excluding carboxylic acids is 1. The molecule has 5 heteroatoms. The Morgan fingerprint density at radius 2 is 2.27 bits per heavy atom. The minimum Gasteiger partial charge on any atom is -0.480 e. The number of hydrogen-bond acceptors (Lipinski definition) is 3. The van der Waals surface area contributed by atoms with Crippen molar-refractivity contribution in [2.75, 3.05) is 11.5 Å². The first kappa shape index (κ1) is 12.4. The lowest BCUT2D eigenvalue weighted by Crippen LogP contribution is -2.48. The van der Waals surface area contributed by atoms with Crippen LogP contribution in [-0.2, 0) is 9.59 Å². The molecular weight excluding hydrogens is 214 g/mol. The second-order valence-electron chi connectivity index (χ2n) is 4.05. The van der Waals surface area contributed by atoms with E-state index in [1.807, 2.05) is 13.8 Å². The van der Waals surface area contributed by atoms with Crippen LogP contribution in [0, 0.1) is 5.92 Å². The van der Waals surface area contributed by atoms with Crippen LogP contribution in [0.1, 0.15) is 20.3 Å². The van der Waals surface area contributed by atoms with E-state index < -0.39 is 12.0 Å². The van der Waals surface area contributed by atoms with E-state index >= 15 is 0 Å². The largest absolute Gasteiger partial charge is 0.480 e. The van der Waals surface area contributed by atoms with Crippen molar-refractivity contribution >= 4 is 24.1 Å². The van der Waals surface area contributed by atoms with Gasteiger partial charge in [0.1, 0.15) is 6.04 Å². The molecule has 1 N–H and O–H groups in total. The molecule has 0 aliphatic carbocycles. The van der Waals surface area contributed by atoms with Gasteiger partial charge in [0, 0.05) is 6.04 Å². The van der Waals surface area contributed by atoms with Gasteiger partial charge in [-0.3, -0.25) is 4.79 Å². The third-order valence-electron chi connectivity index (χ3n) is 2.70. The van der Waals surface area contributed by atoms with Gasteiger partial charge in [-0.1, -0.05) is 0 Å². The van der Waals surface area contributed by atoms with Crippen molar-refractivity contribution in [2.45, 2.75) is 32.4 Å². The molecule has 1 saturated heterocycles. The number of rotatable bonds is 5. The van der Waals surface area contributed by atoms with Gasteiger partial charge in [-0.05, 0) is 37.7 Å².